The predicted octanol–water partition coefficient (Wildman–Crippen LogP) is 3.09. The molecule has 100 valence electrons. The van der Waals surface area contributed by atoms with Gasteiger partial charge in [0.2, 0.25) is 0 Å². The summed E-state index contributed by atoms with van der Waals surface area (Å²) in [6.07, 6.45) is 1.16. The van der Waals surface area contributed by atoms with Crippen LogP contribution in [0.15, 0.2) is 36.5 Å². The van der Waals surface area contributed by atoms with Crippen LogP contribution in [0.4, 0.5) is 10.5 Å². The minimum absolute atomic E-state index is 0.520. The van der Waals surface area contributed by atoms with Crippen molar-refractivity contribution in [1.82, 2.24) is 10.4 Å². The minimum atomic E-state index is -0.522. The van der Waals surface area contributed by atoms with Gasteiger partial charge in [-0.2, -0.15) is 0 Å². The molecule has 0 saturated carbocycles. The maximum absolute atomic E-state index is 11.6. The summed E-state index contributed by atoms with van der Waals surface area (Å²) >= 11 is 0. The Morgan fingerprint density at radius 3 is 2.68 bits per heavy atom. The second-order valence-corrected chi connectivity index (χ2v) is 5.13. The molecule has 1 amide bonds. The third-order valence-corrected chi connectivity index (χ3v) is 2.35. The number of ether oxygens (including phenoxy) is 1. The van der Waals surface area contributed by atoms with Crippen molar-refractivity contribution in [2.75, 3.05) is 5.43 Å². The van der Waals surface area contributed by atoms with E-state index in [2.05, 4.69) is 15.8 Å². The van der Waals surface area contributed by atoms with Gasteiger partial charge in [-0.3, -0.25) is 10.4 Å². The van der Waals surface area contributed by atoms with Crippen LogP contribution in [-0.2, 0) is 4.74 Å². The molecule has 19 heavy (non-hydrogen) atoms. The molecule has 5 nitrogen and oxygen atoms in total. The summed E-state index contributed by atoms with van der Waals surface area (Å²) in [7, 11) is 0. The van der Waals surface area contributed by atoms with E-state index < -0.39 is 11.7 Å². The Morgan fingerprint density at radius 1 is 1.21 bits per heavy atom. The van der Waals surface area contributed by atoms with Gasteiger partial charge in [-0.05, 0) is 32.9 Å². The molecule has 0 saturated heterocycles. The number of fused-ring (bicyclic) bond motifs is 1. The highest BCUT2D eigenvalue weighted by atomic mass is 16.6. The van der Waals surface area contributed by atoms with Gasteiger partial charge in [-0.1, -0.05) is 18.2 Å². The highest BCUT2D eigenvalue weighted by molar-refractivity contribution is 5.91. The lowest BCUT2D eigenvalue weighted by atomic mass is 10.2. The van der Waals surface area contributed by atoms with Crippen molar-refractivity contribution < 1.29 is 9.53 Å². The highest BCUT2D eigenvalue weighted by Gasteiger charge is 2.15. The van der Waals surface area contributed by atoms with Gasteiger partial charge in [-0.25, -0.2) is 10.2 Å². The molecule has 1 aromatic carbocycles. The summed E-state index contributed by atoms with van der Waals surface area (Å²) < 4.78 is 5.14. The molecule has 0 fully saturated rings. The van der Waals surface area contributed by atoms with E-state index in [-0.39, 0.29) is 0 Å². The Balaban J connectivity index is 2.08. The lowest BCUT2D eigenvalue weighted by molar-refractivity contribution is 0.0541. The summed E-state index contributed by atoms with van der Waals surface area (Å²) in [6, 6.07) is 9.47. The van der Waals surface area contributed by atoms with E-state index in [4.69, 9.17) is 4.74 Å². The van der Waals surface area contributed by atoms with Crippen molar-refractivity contribution >= 4 is 22.7 Å². The van der Waals surface area contributed by atoms with Crippen LogP contribution < -0.4 is 10.9 Å². The molecular formula is C14H17N3O2. The summed E-state index contributed by atoms with van der Waals surface area (Å²) in [6.45, 7) is 5.44. The Labute approximate surface area is 112 Å². The van der Waals surface area contributed by atoms with Gasteiger partial charge in [-0.15, -0.1) is 0 Å². The number of pyridine rings is 1. The Hall–Kier alpha value is -2.30. The Morgan fingerprint density at radius 2 is 1.95 bits per heavy atom. The lowest BCUT2D eigenvalue weighted by Gasteiger charge is -2.20. The van der Waals surface area contributed by atoms with E-state index in [0.717, 1.165) is 16.6 Å². The Bertz CT molecular complexity index is 585. The van der Waals surface area contributed by atoms with Crippen molar-refractivity contribution in [3.8, 4) is 0 Å². The quantitative estimate of drug-likeness (QED) is 0.813. The molecule has 0 spiro atoms. The van der Waals surface area contributed by atoms with Gasteiger partial charge in [0.25, 0.3) is 0 Å². The maximum Gasteiger partial charge on any atom is 0.426 e. The second-order valence-electron chi connectivity index (χ2n) is 5.13. The molecule has 1 aromatic heterocycles. The van der Waals surface area contributed by atoms with Crippen LogP contribution in [0, 0.1) is 0 Å². The standard InChI is InChI=1S/C14H17N3O2/c1-14(2,3)19-13(18)17-16-12-8-9-15-11-7-5-4-6-10(11)12/h4-9H,1-3H3,(H,15,16)(H,17,18). The molecule has 0 aliphatic heterocycles. The number of carbonyl (C=O) groups excluding carboxylic acids is 1. The van der Waals surface area contributed by atoms with Gasteiger partial charge >= 0.3 is 6.09 Å². The molecular weight excluding hydrogens is 242 g/mol. The third-order valence-electron chi connectivity index (χ3n) is 2.35. The normalized spacial score (nSPS) is 11.1. The number of hydrazine groups is 1. The zero-order valence-corrected chi connectivity index (χ0v) is 11.2. The molecule has 0 aliphatic carbocycles. The summed E-state index contributed by atoms with van der Waals surface area (Å²) in [5, 5.41) is 0.932. The van der Waals surface area contributed by atoms with Crippen molar-refractivity contribution in [1.29, 1.82) is 0 Å². The van der Waals surface area contributed by atoms with E-state index in [1.165, 1.54) is 0 Å². The largest absolute Gasteiger partial charge is 0.443 e. The number of hydrogen-bond acceptors (Lipinski definition) is 4. The Kier molecular flexibility index (Phi) is 3.55. The summed E-state index contributed by atoms with van der Waals surface area (Å²) in [5.74, 6) is 0. The number of aromatic nitrogens is 1. The van der Waals surface area contributed by atoms with Crippen LogP contribution >= 0.6 is 0 Å². The average Bonchev–Trinajstić information content (AvgIpc) is 2.34. The number of para-hydroxylation sites is 1. The van der Waals surface area contributed by atoms with Crippen molar-refractivity contribution in [3.63, 3.8) is 0 Å². The van der Waals surface area contributed by atoms with Crippen LogP contribution in [-0.4, -0.2) is 16.7 Å². The van der Waals surface area contributed by atoms with Gasteiger partial charge in [0.1, 0.15) is 5.60 Å². The number of hydrogen-bond donors (Lipinski definition) is 2. The monoisotopic (exact) mass is 259 g/mol. The van der Waals surface area contributed by atoms with Crippen LogP contribution in [0.1, 0.15) is 20.8 Å². The van der Waals surface area contributed by atoms with E-state index in [1.54, 1.807) is 12.3 Å². The van der Waals surface area contributed by atoms with E-state index in [1.807, 2.05) is 45.0 Å². The molecule has 0 unspecified atom stereocenters. The molecule has 2 N–H and O–H groups in total. The minimum Gasteiger partial charge on any atom is -0.443 e. The first-order chi connectivity index (χ1) is 8.96. The van der Waals surface area contributed by atoms with Crippen LogP contribution in [0.25, 0.3) is 10.9 Å². The molecule has 0 aliphatic rings. The van der Waals surface area contributed by atoms with E-state index in [0.29, 0.717) is 0 Å². The van der Waals surface area contributed by atoms with E-state index >= 15 is 0 Å². The van der Waals surface area contributed by atoms with Crippen molar-refractivity contribution in [3.05, 3.63) is 36.5 Å². The number of amides is 1. The fraction of sp³-hybridized carbons (Fsp3) is 0.286. The molecule has 1 heterocycles. The van der Waals surface area contributed by atoms with Gasteiger partial charge in [0.05, 0.1) is 11.2 Å². The average molecular weight is 259 g/mol. The summed E-state index contributed by atoms with van der Waals surface area (Å²) in [4.78, 5) is 15.8. The van der Waals surface area contributed by atoms with Gasteiger partial charge in [0.15, 0.2) is 0 Å². The zero-order chi connectivity index (χ0) is 13.9. The zero-order valence-electron chi connectivity index (χ0n) is 11.2. The molecule has 2 aromatic rings. The van der Waals surface area contributed by atoms with Crippen LogP contribution in [0.3, 0.4) is 0 Å². The fourth-order valence-corrected chi connectivity index (χ4v) is 1.63. The smallest absolute Gasteiger partial charge is 0.426 e. The number of rotatable bonds is 2. The fourth-order valence-electron chi connectivity index (χ4n) is 1.63. The lowest BCUT2D eigenvalue weighted by Crippen LogP contribution is -2.35. The van der Waals surface area contributed by atoms with Gasteiger partial charge in [0, 0.05) is 11.6 Å². The van der Waals surface area contributed by atoms with Crippen molar-refractivity contribution in [2.45, 2.75) is 26.4 Å². The second kappa shape index (κ2) is 5.14. The number of anilines is 1. The first kappa shape index (κ1) is 13.1. The SMILES string of the molecule is CC(C)(C)OC(=O)NNc1ccnc2ccccc12. The highest BCUT2D eigenvalue weighted by Crippen LogP contribution is 2.20. The van der Waals surface area contributed by atoms with Crippen LogP contribution in [0.5, 0.6) is 0 Å². The number of carbonyl (C=O) groups is 1. The molecule has 2 rings (SSSR count). The number of nitrogens with one attached hydrogen (secondary N) is 2. The van der Waals surface area contributed by atoms with Crippen LogP contribution in [0.2, 0.25) is 0 Å². The topological polar surface area (TPSA) is 63.2 Å². The maximum atomic E-state index is 11.6. The molecule has 5 heteroatoms. The van der Waals surface area contributed by atoms with E-state index in [9.17, 15) is 4.79 Å². The molecule has 0 radical (unpaired) electrons. The van der Waals surface area contributed by atoms with Gasteiger partial charge < -0.3 is 4.74 Å². The first-order valence-corrected chi connectivity index (χ1v) is 6.04. The molecule has 0 atom stereocenters. The summed E-state index contributed by atoms with van der Waals surface area (Å²) in [5.41, 5.74) is 6.47. The molecule has 0 bridgehead atoms. The number of nitrogens with zero attached hydrogens (tertiary/aromatic N) is 1. The third kappa shape index (κ3) is 3.58. The van der Waals surface area contributed by atoms with Crippen molar-refractivity contribution in [2.24, 2.45) is 0 Å². The predicted molar refractivity (Wildman–Crippen MR) is 74.7 cm³/mol. The first-order valence-electron chi connectivity index (χ1n) is 6.04. The number of benzene rings is 1.